The second kappa shape index (κ2) is 7.40. The highest BCUT2D eigenvalue weighted by Gasteiger charge is 2.11. The maximum atomic E-state index is 11.7. The molecule has 3 aromatic rings. The smallest absolute Gasteiger partial charge is 0.229 e. The van der Waals surface area contributed by atoms with E-state index >= 15 is 0 Å². The first-order valence-electron chi connectivity index (χ1n) is 7.85. The first-order chi connectivity index (χ1) is 12.0. The lowest BCUT2D eigenvalue weighted by molar-refractivity contribution is 0.308. The van der Waals surface area contributed by atoms with Crippen LogP contribution in [0.4, 0.5) is 5.69 Å². The van der Waals surface area contributed by atoms with Gasteiger partial charge in [0.2, 0.25) is 10.0 Å². The molecule has 0 atom stereocenters. The van der Waals surface area contributed by atoms with Crippen LogP contribution in [0.15, 0.2) is 78.9 Å². The van der Waals surface area contributed by atoms with E-state index in [4.69, 9.17) is 4.74 Å². The molecule has 0 saturated heterocycles. The molecule has 25 heavy (non-hydrogen) atoms. The van der Waals surface area contributed by atoms with Crippen LogP contribution in [0.2, 0.25) is 0 Å². The third-order valence-corrected chi connectivity index (χ3v) is 4.21. The van der Waals surface area contributed by atoms with Crippen molar-refractivity contribution in [3.63, 3.8) is 0 Å². The van der Waals surface area contributed by atoms with Crippen molar-refractivity contribution in [3.8, 4) is 16.9 Å². The lowest BCUT2D eigenvalue weighted by atomic mass is 10.1. The van der Waals surface area contributed by atoms with Crippen molar-refractivity contribution in [2.24, 2.45) is 0 Å². The molecular formula is C20H19NO3S. The molecule has 128 valence electrons. The van der Waals surface area contributed by atoms with E-state index in [2.05, 4.69) is 4.72 Å². The minimum atomic E-state index is -3.41. The van der Waals surface area contributed by atoms with Crippen LogP contribution in [0.3, 0.4) is 0 Å². The van der Waals surface area contributed by atoms with Gasteiger partial charge < -0.3 is 4.74 Å². The molecule has 0 heterocycles. The van der Waals surface area contributed by atoms with Gasteiger partial charge in [-0.15, -0.1) is 0 Å². The Labute approximate surface area is 148 Å². The highest BCUT2D eigenvalue weighted by Crippen LogP contribution is 2.32. The van der Waals surface area contributed by atoms with Crippen molar-refractivity contribution >= 4 is 15.7 Å². The van der Waals surface area contributed by atoms with Crippen molar-refractivity contribution in [1.29, 1.82) is 0 Å². The monoisotopic (exact) mass is 353 g/mol. The molecule has 1 N–H and O–H groups in total. The molecule has 0 aromatic heterocycles. The lowest BCUT2D eigenvalue weighted by Gasteiger charge is -2.14. The van der Waals surface area contributed by atoms with Gasteiger partial charge >= 0.3 is 0 Å². The number of hydrogen-bond donors (Lipinski definition) is 1. The van der Waals surface area contributed by atoms with E-state index in [1.807, 2.05) is 66.7 Å². The number of ether oxygens (including phenoxy) is 1. The predicted molar refractivity (Wildman–Crippen MR) is 101 cm³/mol. The Kier molecular flexibility index (Phi) is 5.05. The van der Waals surface area contributed by atoms with Crippen LogP contribution in [0.25, 0.3) is 11.1 Å². The largest absolute Gasteiger partial charge is 0.487 e. The van der Waals surface area contributed by atoms with Gasteiger partial charge in [-0.1, -0.05) is 66.7 Å². The summed E-state index contributed by atoms with van der Waals surface area (Å²) in [5.74, 6) is 0.494. The fourth-order valence-corrected chi connectivity index (χ4v) is 3.04. The zero-order valence-corrected chi connectivity index (χ0v) is 14.7. The van der Waals surface area contributed by atoms with E-state index in [-0.39, 0.29) is 0 Å². The molecular weight excluding hydrogens is 334 g/mol. The van der Waals surface area contributed by atoms with Gasteiger partial charge in [0, 0.05) is 0 Å². The Morgan fingerprint density at radius 2 is 1.48 bits per heavy atom. The number of rotatable bonds is 6. The van der Waals surface area contributed by atoms with Crippen molar-refractivity contribution in [2.75, 3.05) is 11.0 Å². The molecule has 0 aliphatic carbocycles. The Balaban J connectivity index is 1.91. The molecule has 0 aliphatic heterocycles. The molecule has 3 rings (SSSR count). The normalized spacial score (nSPS) is 11.1. The molecule has 0 saturated carbocycles. The molecule has 0 bridgehead atoms. The second-order valence-corrected chi connectivity index (χ2v) is 7.47. The number of sulfonamides is 1. The van der Waals surface area contributed by atoms with Crippen LogP contribution < -0.4 is 9.46 Å². The van der Waals surface area contributed by atoms with E-state index < -0.39 is 10.0 Å². The van der Waals surface area contributed by atoms with E-state index in [9.17, 15) is 8.42 Å². The van der Waals surface area contributed by atoms with Crippen LogP contribution in [0.1, 0.15) is 5.56 Å². The van der Waals surface area contributed by atoms with Crippen molar-refractivity contribution < 1.29 is 13.2 Å². The molecule has 0 radical (unpaired) electrons. The van der Waals surface area contributed by atoms with E-state index in [1.165, 1.54) is 0 Å². The molecule has 0 amide bonds. The Hall–Kier alpha value is -2.79. The van der Waals surface area contributed by atoms with E-state index in [1.54, 1.807) is 12.1 Å². The number of anilines is 1. The Morgan fingerprint density at radius 1 is 0.840 bits per heavy atom. The molecule has 5 heteroatoms. The first-order valence-corrected chi connectivity index (χ1v) is 9.74. The van der Waals surface area contributed by atoms with Crippen molar-refractivity contribution in [2.45, 2.75) is 6.61 Å². The number of benzene rings is 3. The molecule has 4 nitrogen and oxygen atoms in total. The predicted octanol–water partition coefficient (Wildman–Crippen LogP) is 4.30. The van der Waals surface area contributed by atoms with E-state index in [0.717, 1.165) is 22.9 Å². The van der Waals surface area contributed by atoms with E-state index in [0.29, 0.717) is 18.0 Å². The fourth-order valence-electron chi connectivity index (χ4n) is 2.48. The summed E-state index contributed by atoms with van der Waals surface area (Å²) in [7, 11) is -3.41. The summed E-state index contributed by atoms with van der Waals surface area (Å²) in [6.45, 7) is 0.365. The van der Waals surface area contributed by atoms with Crippen molar-refractivity contribution in [1.82, 2.24) is 0 Å². The summed E-state index contributed by atoms with van der Waals surface area (Å²) in [5, 5.41) is 0. The summed E-state index contributed by atoms with van der Waals surface area (Å²) < 4.78 is 31.8. The topological polar surface area (TPSA) is 55.4 Å². The minimum Gasteiger partial charge on any atom is -0.487 e. The van der Waals surface area contributed by atoms with Crippen LogP contribution in [-0.4, -0.2) is 14.7 Å². The Bertz CT molecular complexity index is 939. The van der Waals surface area contributed by atoms with Gasteiger partial charge in [-0.05, 0) is 28.8 Å². The number of nitrogens with one attached hydrogen (secondary N) is 1. The summed E-state index contributed by atoms with van der Waals surface area (Å²) >= 11 is 0. The summed E-state index contributed by atoms with van der Waals surface area (Å²) in [6, 6.07) is 25.0. The Morgan fingerprint density at radius 3 is 2.12 bits per heavy atom. The minimum absolute atomic E-state index is 0.365. The fraction of sp³-hybridized carbons (Fsp3) is 0.100. The zero-order valence-electron chi connectivity index (χ0n) is 13.8. The van der Waals surface area contributed by atoms with Crippen molar-refractivity contribution in [3.05, 3.63) is 84.4 Å². The molecule has 3 aromatic carbocycles. The van der Waals surface area contributed by atoms with Gasteiger partial charge in [0.25, 0.3) is 0 Å². The highest BCUT2D eigenvalue weighted by molar-refractivity contribution is 7.92. The summed E-state index contributed by atoms with van der Waals surface area (Å²) in [6.07, 6.45) is 1.13. The average molecular weight is 353 g/mol. The first kappa shape index (κ1) is 17.0. The SMILES string of the molecule is CS(=O)(=O)Nc1cc(-c2ccccc2)ccc1OCc1ccccc1. The standard InChI is InChI=1S/C20H19NO3S/c1-25(22,23)21-19-14-18(17-10-6-3-7-11-17)12-13-20(19)24-15-16-8-4-2-5-9-16/h2-14,21H,15H2,1H3. The van der Waals surface area contributed by atoms with Crippen LogP contribution in [0.5, 0.6) is 5.75 Å². The number of hydrogen-bond acceptors (Lipinski definition) is 3. The van der Waals surface area contributed by atoms with Crippen LogP contribution in [0, 0.1) is 0 Å². The molecule has 0 spiro atoms. The summed E-state index contributed by atoms with van der Waals surface area (Å²) in [5.41, 5.74) is 3.37. The van der Waals surface area contributed by atoms with Gasteiger partial charge in [-0.2, -0.15) is 0 Å². The lowest BCUT2D eigenvalue weighted by Crippen LogP contribution is -2.11. The van der Waals surface area contributed by atoms with Crippen LogP contribution in [-0.2, 0) is 16.6 Å². The average Bonchev–Trinajstić information content (AvgIpc) is 2.61. The summed E-state index contributed by atoms with van der Waals surface area (Å²) in [4.78, 5) is 0. The third-order valence-electron chi connectivity index (χ3n) is 3.62. The maximum Gasteiger partial charge on any atom is 0.229 e. The second-order valence-electron chi connectivity index (χ2n) is 5.73. The molecule has 0 aliphatic rings. The van der Waals surface area contributed by atoms with Crippen LogP contribution >= 0.6 is 0 Å². The van der Waals surface area contributed by atoms with Gasteiger partial charge in [-0.3, -0.25) is 4.72 Å². The maximum absolute atomic E-state index is 11.7. The van der Waals surface area contributed by atoms with Gasteiger partial charge in [0.05, 0.1) is 11.9 Å². The van der Waals surface area contributed by atoms with Gasteiger partial charge in [0.1, 0.15) is 12.4 Å². The molecule has 0 fully saturated rings. The highest BCUT2D eigenvalue weighted by atomic mass is 32.2. The molecule has 0 unspecified atom stereocenters. The quantitative estimate of drug-likeness (QED) is 0.719. The zero-order chi connectivity index (χ0) is 17.7. The van der Waals surface area contributed by atoms with Gasteiger partial charge in [-0.25, -0.2) is 8.42 Å². The third kappa shape index (κ3) is 4.84. The van der Waals surface area contributed by atoms with Gasteiger partial charge in [0.15, 0.2) is 0 Å².